The first-order valence-corrected chi connectivity index (χ1v) is 13.5. The van der Waals surface area contributed by atoms with Gasteiger partial charge in [-0.25, -0.2) is 12.8 Å². The van der Waals surface area contributed by atoms with Crippen molar-refractivity contribution in [3.63, 3.8) is 0 Å². The van der Waals surface area contributed by atoms with Crippen molar-refractivity contribution in [1.29, 1.82) is 0 Å². The normalized spacial score (nSPS) is 13.6. The summed E-state index contributed by atoms with van der Waals surface area (Å²) >= 11 is 0. The van der Waals surface area contributed by atoms with Crippen molar-refractivity contribution in [3.05, 3.63) is 53.8 Å². The maximum absolute atomic E-state index is 13.9. The molecule has 3 rings (SSSR count). The molecule has 1 heterocycles. The molecule has 5 heteroatoms. The Bertz CT molecular complexity index is 920. The van der Waals surface area contributed by atoms with Crippen LogP contribution in [0.5, 0.6) is 0 Å². The third-order valence-corrected chi connectivity index (χ3v) is 6.94. The number of hydrogen-bond acceptors (Lipinski definition) is 3. The minimum Gasteiger partial charge on any atom is -0.368 e. The van der Waals surface area contributed by atoms with Gasteiger partial charge in [-0.1, -0.05) is 72.9 Å². The van der Waals surface area contributed by atoms with Crippen molar-refractivity contribution < 1.29 is 12.8 Å². The maximum Gasteiger partial charge on any atom is 0.209 e. The number of rotatable bonds is 6. The lowest BCUT2D eigenvalue weighted by molar-refractivity contribution is 0.567. The molecule has 180 valence electrons. The number of unbranched alkanes of at least 4 members (excludes halogenated alkanes) is 1. The smallest absolute Gasteiger partial charge is 0.209 e. The number of sulfone groups is 1. The molecule has 0 N–H and O–H groups in total. The Morgan fingerprint density at radius 1 is 0.938 bits per heavy atom. The Morgan fingerprint density at radius 2 is 1.53 bits per heavy atom. The maximum atomic E-state index is 13.9. The first-order valence-electron chi connectivity index (χ1n) is 12.0. The van der Waals surface area contributed by atoms with Gasteiger partial charge in [-0.2, -0.15) is 0 Å². The van der Waals surface area contributed by atoms with Crippen LogP contribution in [0, 0.1) is 11.7 Å². The summed E-state index contributed by atoms with van der Waals surface area (Å²) in [6.45, 7) is 16.1. The van der Waals surface area contributed by atoms with E-state index in [0.29, 0.717) is 6.04 Å². The third kappa shape index (κ3) is 7.91. The molecule has 1 atom stereocenters. The Balaban J connectivity index is 0.000000554. The van der Waals surface area contributed by atoms with E-state index in [0.717, 1.165) is 43.0 Å². The highest BCUT2D eigenvalue weighted by molar-refractivity contribution is 7.91. The highest BCUT2D eigenvalue weighted by Crippen LogP contribution is 2.34. The highest BCUT2D eigenvalue weighted by Gasteiger charge is 2.27. The zero-order valence-corrected chi connectivity index (χ0v) is 21.8. The number of nitrogens with zero attached hydrogens (tertiary/aromatic N) is 1. The van der Waals surface area contributed by atoms with Crippen molar-refractivity contribution in [1.82, 2.24) is 0 Å². The Hall–Kier alpha value is -1.88. The van der Waals surface area contributed by atoms with E-state index in [1.54, 1.807) is 12.1 Å². The van der Waals surface area contributed by atoms with E-state index in [2.05, 4.69) is 53.4 Å². The summed E-state index contributed by atoms with van der Waals surface area (Å²) in [7, 11) is -3.83. The topological polar surface area (TPSA) is 37.4 Å². The molecular formula is C27H42FNO2S. The molecule has 0 radical (unpaired) electrons. The molecule has 1 aliphatic rings. The van der Waals surface area contributed by atoms with Crippen LogP contribution in [0.3, 0.4) is 0 Å². The van der Waals surface area contributed by atoms with Crippen molar-refractivity contribution >= 4 is 15.5 Å². The van der Waals surface area contributed by atoms with Crippen LogP contribution in [0.25, 0.3) is 0 Å². The van der Waals surface area contributed by atoms with Crippen LogP contribution >= 0.6 is 0 Å². The lowest BCUT2D eigenvalue weighted by Crippen LogP contribution is -2.30. The Kier molecular flexibility index (Phi) is 12.0. The molecule has 1 aliphatic heterocycles. The van der Waals surface area contributed by atoms with Crippen molar-refractivity contribution in [2.75, 3.05) is 11.4 Å². The monoisotopic (exact) mass is 463 g/mol. The van der Waals surface area contributed by atoms with Gasteiger partial charge in [0, 0.05) is 18.3 Å². The first-order chi connectivity index (χ1) is 15.1. The summed E-state index contributed by atoms with van der Waals surface area (Å²) < 4.78 is 39.3. The van der Waals surface area contributed by atoms with Crippen LogP contribution in [0.1, 0.15) is 79.7 Å². The zero-order valence-electron chi connectivity index (χ0n) is 21.0. The molecule has 3 nitrogen and oxygen atoms in total. The Morgan fingerprint density at radius 3 is 2.06 bits per heavy atom. The fraction of sp³-hybridized carbons (Fsp3) is 0.556. The lowest BCUT2D eigenvalue weighted by atomic mass is 10.1. The second-order valence-corrected chi connectivity index (χ2v) is 11.0. The van der Waals surface area contributed by atoms with Gasteiger partial charge < -0.3 is 4.90 Å². The second kappa shape index (κ2) is 13.6. The zero-order chi connectivity index (χ0) is 24.3. The summed E-state index contributed by atoms with van der Waals surface area (Å²) in [5, 5.41) is 0. The van der Waals surface area contributed by atoms with Crippen molar-refractivity contribution in [3.8, 4) is 0 Å². The van der Waals surface area contributed by atoms with E-state index in [4.69, 9.17) is 0 Å². The fourth-order valence-electron chi connectivity index (χ4n) is 3.39. The van der Waals surface area contributed by atoms with Gasteiger partial charge in [-0.15, -0.1) is 0 Å². The summed E-state index contributed by atoms with van der Waals surface area (Å²) in [5.41, 5.74) is 2.12. The van der Waals surface area contributed by atoms with E-state index in [1.165, 1.54) is 37.1 Å². The standard InChI is InChI=1S/C19H22FNO2S.2C4H10/c1-3-6-14(2)21-12-11-15-13-16(9-10-18(15)21)24(22,23)19-8-5-4-7-17(19)20;1-4(2)3;1-3-4-2/h4-5,7-10,13-14H,3,6,11-12H2,1-2H3;4H,1-3H3;3-4H2,1-2H3. The van der Waals surface area contributed by atoms with Gasteiger partial charge >= 0.3 is 0 Å². The number of anilines is 1. The summed E-state index contributed by atoms with van der Waals surface area (Å²) in [4.78, 5) is 2.23. The van der Waals surface area contributed by atoms with Gasteiger partial charge in [0.25, 0.3) is 0 Å². The number of hydrogen-bond donors (Lipinski definition) is 0. The van der Waals surface area contributed by atoms with Gasteiger partial charge in [0.05, 0.1) is 4.90 Å². The van der Waals surface area contributed by atoms with Crippen molar-refractivity contribution in [2.24, 2.45) is 5.92 Å². The van der Waals surface area contributed by atoms with E-state index < -0.39 is 15.7 Å². The van der Waals surface area contributed by atoms with Crippen LogP contribution in [-0.2, 0) is 16.3 Å². The number of fused-ring (bicyclic) bond motifs is 1. The summed E-state index contributed by atoms with van der Waals surface area (Å²) in [6, 6.07) is 11.1. The summed E-state index contributed by atoms with van der Waals surface area (Å²) in [6.07, 6.45) is 5.69. The molecule has 0 spiro atoms. The van der Waals surface area contributed by atoms with Crippen LogP contribution in [0.4, 0.5) is 10.1 Å². The summed E-state index contributed by atoms with van der Waals surface area (Å²) in [5.74, 6) is 0.121. The SMILES string of the molecule is CC(C)C.CCCC.CCCC(C)N1CCc2cc(S(=O)(=O)c3ccccc3F)ccc21. The molecule has 2 aromatic rings. The number of halogens is 1. The van der Waals surface area contributed by atoms with Crippen LogP contribution in [0.15, 0.2) is 52.3 Å². The van der Waals surface area contributed by atoms with Gasteiger partial charge in [-0.05, 0) is 61.6 Å². The largest absolute Gasteiger partial charge is 0.368 e. The molecule has 0 bridgehead atoms. The van der Waals surface area contributed by atoms with Gasteiger partial charge in [0.1, 0.15) is 10.7 Å². The Labute approximate surface area is 196 Å². The molecular weight excluding hydrogens is 421 g/mol. The van der Waals surface area contributed by atoms with E-state index >= 15 is 0 Å². The average Bonchev–Trinajstić information content (AvgIpc) is 3.17. The predicted molar refractivity (Wildman–Crippen MR) is 135 cm³/mol. The van der Waals surface area contributed by atoms with E-state index in [-0.39, 0.29) is 9.79 Å². The van der Waals surface area contributed by atoms with Gasteiger partial charge in [-0.3, -0.25) is 0 Å². The lowest BCUT2D eigenvalue weighted by Gasteiger charge is -2.27. The minimum absolute atomic E-state index is 0.163. The van der Waals surface area contributed by atoms with Crippen LogP contribution < -0.4 is 4.90 Å². The number of benzene rings is 2. The van der Waals surface area contributed by atoms with Crippen LogP contribution in [0.2, 0.25) is 0 Å². The average molecular weight is 464 g/mol. The van der Waals surface area contributed by atoms with Crippen LogP contribution in [-0.4, -0.2) is 21.0 Å². The minimum atomic E-state index is -3.83. The predicted octanol–water partition coefficient (Wildman–Crippen LogP) is 7.68. The third-order valence-electron chi connectivity index (χ3n) is 5.16. The molecule has 0 aromatic heterocycles. The molecule has 0 fully saturated rings. The quantitative estimate of drug-likeness (QED) is 0.441. The molecule has 2 aromatic carbocycles. The highest BCUT2D eigenvalue weighted by atomic mass is 32.2. The van der Waals surface area contributed by atoms with Crippen molar-refractivity contribution in [2.45, 2.75) is 96.4 Å². The molecule has 0 saturated carbocycles. The molecule has 0 aliphatic carbocycles. The molecule has 32 heavy (non-hydrogen) atoms. The molecule has 0 saturated heterocycles. The van der Waals surface area contributed by atoms with Gasteiger partial charge in [0.2, 0.25) is 9.84 Å². The van der Waals surface area contributed by atoms with E-state index in [9.17, 15) is 12.8 Å². The first kappa shape index (κ1) is 28.2. The fourth-order valence-corrected chi connectivity index (χ4v) is 4.77. The second-order valence-electron chi connectivity index (χ2n) is 9.04. The van der Waals surface area contributed by atoms with Gasteiger partial charge in [0.15, 0.2) is 0 Å². The molecule has 1 unspecified atom stereocenters. The molecule has 0 amide bonds. The van der Waals surface area contributed by atoms with E-state index in [1.807, 2.05) is 6.07 Å².